The second-order valence-electron chi connectivity index (χ2n) is 10.8. The number of para-hydroxylation sites is 1. The maximum Gasteiger partial charge on any atom is 0.263 e. The summed E-state index contributed by atoms with van der Waals surface area (Å²) in [7, 11) is 3.13. The molecule has 11 heteroatoms. The van der Waals surface area contributed by atoms with E-state index in [1.165, 1.54) is 19.1 Å². The standard InChI is InChI=1S/C33H35F2N3O6/c1-21(44-28-10-6-8-26(34)30(28)35)32(40)36-17-19-37(20-18-36)33(41)25-15-16-29(39)38(22-11-13-23(42-2)14-12-22)31(25)24-7-4-5-9-27(24)43-3/h4-14,21,25,31H,15-20H2,1-3H3. The van der Waals surface area contributed by atoms with Crippen molar-refractivity contribution in [2.24, 2.45) is 5.92 Å². The summed E-state index contributed by atoms with van der Waals surface area (Å²) in [6.45, 7) is 2.53. The van der Waals surface area contributed by atoms with Crippen molar-refractivity contribution >= 4 is 23.4 Å². The van der Waals surface area contributed by atoms with Crippen LogP contribution in [0.2, 0.25) is 0 Å². The summed E-state index contributed by atoms with van der Waals surface area (Å²) in [6, 6.07) is 17.5. The van der Waals surface area contributed by atoms with Crippen LogP contribution >= 0.6 is 0 Å². The van der Waals surface area contributed by atoms with Gasteiger partial charge in [-0.1, -0.05) is 24.3 Å². The van der Waals surface area contributed by atoms with Gasteiger partial charge in [0.05, 0.1) is 26.2 Å². The highest BCUT2D eigenvalue weighted by molar-refractivity contribution is 5.97. The van der Waals surface area contributed by atoms with Crippen LogP contribution in [0, 0.1) is 17.6 Å². The Bertz CT molecular complexity index is 1510. The molecule has 3 unspecified atom stereocenters. The molecule has 0 bridgehead atoms. The van der Waals surface area contributed by atoms with E-state index < -0.39 is 29.7 Å². The molecule has 0 aromatic heterocycles. The number of piperidine rings is 1. The van der Waals surface area contributed by atoms with Crippen LogP contribution in [0.25, 0.3) is 0 Å². The van der Waals surface area contributed by atoms with Crippen LogP contribution < -0.4 is 19.1 Å². The van der Waals surface area contributed by atoms with Gasteiger partial charge in [-0.3, -0.25) is 14.4 Å². The highest BCUT2D eigenvalue weighted by atomic mass is 19.2. The van der Waals surface area contributed by atoms with E-state index >= 15 is 0 Å². The van der Waals surface area contributed by atoms with Gasteiger partial charge in [-0.05, 0) is 55.8 Å². The minimum atomic E-state index is -1.15. The average Bonchev–Trinajstić information content (AvgIpc) is 3.06. The maximum absolute atomic E-state index is 14.2. The van der Waals surface area contributed by atoms with Gasteiger partial charge in [0.25, 0.3) is 5.91 Å². The Kier molecular flexibility index (Phi) is 9.32. The van der Waals surface area contributed by atoms with Crippen LogP contribution in [0.4, 0.5) is 14.5 Å². The summed E-state index contributed by atoms with van der Waals surface area (Å²) in [4.78, 5) is 45.6. The minimum absolute atomic E-state index is 0.103. The number of piperazine rings is 1. The number of methoxy groups -OCH3 is 2. The van der Waals surface area contributed by atoms with E-state index in [1.807, 2.05) is 24.3 Å². The Morgan fingerprint density at radius 1 is 0.841 bits per heavy atom. The summed E-state index contributed by atoms with van der Waals surface area (Å²) in [5.74, 6) is -2.50. The van der Waals surface area contributed by atoms with Crippen LogP contribution in [0.5, 0.6) is 17.2 Å². The first-order valence-corrected chi connectivity index (χ1v) is 14.5. The first-order chi connectivity index (χ1) is 21.2. The van der Waals surface area contributed by atoms with E-state index in [-0.39, 0.29) is 56.1 Å². The Hall–Kier alpha value is -4.67. The van der Waals surface area contributed by atoms with Crippen molar-refractivity contribution < 1.29 is 37.4 Å². The topological polar surface area (TPSA) is 88.6 Å². The molecule has 0 aliphatic carbocycles. The van der Waals surface area contributed by atoms with E-state index in [0.29, 0.717) is 23.6 Å². The number of rotatable bonds is 8. The molecule has 2 aliphatic rings. The molecule has 2 fully saturated rings. The average molecular weight is 608 g/mol. The van der Waals surface area contributed by atoms with E-state index in [1.54, 1.807) is 53.2 Å². The Morgan fingerprint density at radius 3 is 2.18 bits per heavy atom. The largest absolute Gasteiger partial charge is 0.497 e. The number of nitrogens with zero attached hydrogens (tertiary/aromatic N) is 3. The molecule has 9 nitrogen and oxygen atoms in total. The summed E-state index contributed by atoms with van der Waals surface area (Å²) in [5, 5.41) is 0. The molecule has 0 radical (unpaired) electrons. The molecule has 3 atom stereocenters. The number of hydrogen-bond donors (Lipinski definition) is 0. The number of amides is 3. The van der Waals surface area contributed by atoms with Crippen molar-refractivity contribution in [3.63, 3.8) is 0 Å². The summed E-state index contributed by atoms with van der Waals surface area (Å²) < 4.78 is 44.1. The number of carbonyl (C=O) groups excluding carboxylic acids is 3. The first kappa shape index (κ1) is 30.8. The van der Waals surface area contributed by atoms with Gasteiger partial charge in [0.2, 0.25) is 17.6 Å². The molecule has 3 aromatic rings. The Labute approximate surface area is 254 Å². The zero-order valence-corrected chi connectivity index (χ0v) is 24.9. The third kappa shape index (κ3) is 6.17. The SMILES string of the molecule is COc1ccc(N2C(=O)CCC(C(=O)N3CCN(C(=O)C(C)Oc4cccc(F)c4F)CC3)C2c2ccccc2OC)cc1. The third-order valence-electron chi connectivity index (χ3n) is 8.19. The van der Waals surface area contributed by atoms with Crippen LogP contribution in [0.3, 0.4) is 0 Å². The number of benzene rings is 3. The smallest absolute Gasteiger partial charge is 0.263 e. The highest BCUT2D eigenvalue weighted by Gasteiger charge is 2.44. The lowest BCUT2D eigenvalue weighted by atomic mass is 9.82. The highest BCUT2D eigenvalue weighted by Crippen LogP contribution is 2.44. The fourth-order valence-electron chi connectivity index (χ4n) is 5.92. The number of halogens is 2. The molecule has 2 saturated heterocycles. The number of ether oxygens (including phenoxy) is 3. The van der Waals surface area contributed by atoms with Gasteiger partial charge in [0.15, 0.2) is 17.7 Å². The van der Waals surface area contributed by atoms with Crippen molar-refractivity contribution in [1.29, 1.82) is 0 Å². The van der Waals surface area contributed by atoms with Gasteiger partial charge in [-0.2, -0.15) is 4.39 Å². The van der Waals surface area contributed by atoms with Gasteiger partial charge in [-0.25, -0.2) is 4.39 Å². The second-order valence-corrected chi connectivity index (χ2v) is 10.8. The second kappa shape index (κ2) is 13.3. The lowest BCUT2D eigenvalue weighted by Gasteiger charge is -2.44. The van der Waals surface area contributed by atoms with Crippen LogP contribution in [0.15, 0.2) is 66.7 Å². The lowest BCUT2D eigenvalue weighted by molar-refractivity contribution is -0.146. The molecular formula is C33H35F2N3O6. The van der Waals surface area contributed by atoms with E-state index in [0.717, 1.165) is 11.6 Å². The summed E-state index contributed by atoms with van der Waals surface area (Å²) in [5.41, 5.74) is 1.37. The van der Waals surface area contributed by atoms with Crippen LogP contribution in [-0.4, -0.2) is 74.0 Å². The first-order valence-electron chi connectivity index (χ1n) is 14.5. The molecule has 3 aromatic carbocycles. The van der Waals surface area contributed by atoms with Crippen LogP contribution in [-0.2, 0) is 14.4 Å². The molecule has 5 rings (SSSR count). The van der Waals surface area contributed by atoms with Crippen molar-refractivity contribution in [2.45, 2.75) is 31.9 Å². The summed E-state index contributed by atoms with van der Waals surface area (Å²) in [6.07, 6.45) is -0.500. The summed E-state index contributed by atoms with van der Waals surface area (Å²) >= 11 is 0. The van der Waals surface area contributed by atoms with Crippen LogP contribution in [0.1, 0.15) is 31.4 Å². The fraction of sp³-hybridized carbons (Fsp3) is 0.364. The predicted molar refractivity (Wildman–Crippen MR) is 159 cm³/mol. The molecule has 0 spiro atoms. The van der Waals surface area contributed by atoms with Crippen molar-refractivity contribution in [3.8, 4) is 17.2 Å². The van der Waals surface area contributed by atoms with Gasteiger partial charge < -0.3 is 28.9 Å². The molecule has 3 amide bonds. The van der Waals surface area contributed by atoms with E-state index in [4.69, 9.17) is 14.2 Å². The van der Waals surface area contributed by atoms with Crippen molar-refractivity contribution in [2.75, 3.05) is 45.3 Å². The fourth-order valence-corrected chi connectivity index (χ4v) is 5.92. The minimum Gasteiger partial charge on any atom is -0.497 e. The van der Waals surface area contributed by atoms with Crippen molar-refractivity contribution in [3.05, 3.63) is 83.9 Å². The van der Waals surface area contributed by atoms with E-state index in [2.05, 4.69) is 0 Å². The van der Waals surface area contributed by atoms with Crippen molar-refractivity contribution in [1.82, 2.24) is 9.80 Å². The van der Waals surface area contributed by atoms with E-state index in [9.17, 15) is 23.2 Å². The van der Waals surface area contributed by atoms with Gasteiger partial charge in [-0.15, -0.1) is 0 Å². The molecular weight excluding hydrogens is 572 g/mol. The Morgan fingerprint density at radius 2 is 1.50 bits per heavy atom. The number of hydrogen-bond acceptors (Lipinski definition) is 6. The predicted octanol–water partition coefficient (Wildman–Crippen LogP) is 4.60. The third-order valence-corrected chi connectivity index (χ3v) is 8.19. The lowest BCUT2D eigenvalue weighted by Crippen LogP contribution is -2.56. The van der Waals surface area contributed by atoms with Gasteiger partial charge in [0, 0.05) is 43.9 Å². The molecule has 0 N–H and O–H groups in total. The maximum atomic E-state index is 14.2. The molecule has 232 valence electrons. The normalized spacial score (nSPS) is 19.4. The zero-order valence-electron chi connectivity index (χ0n) is 24.9. The monoisotopic (exact) mass is 607 g/mol. The zero-order chi connectivity index (χ0) is 31.4. The quantitative estimate of drug-likeness (QED) is 0.372. The number of anilines is 1. The molecule has 2 heterocycles. The molecule has 2 aliphatic heterocycles. The molecule has 44 heavy (non-hydrogen) atoms. The van der Waals surface area contributed by atoms with Gasteiger partial charge in [0.1, 0.15) is 11.5 Å². The van der Waals surface area contributed by atoms with Gasteiger partial charge >= 0.3 is 0 Å². The number of carbonyl (C=O) groups is 3. The molecule has 0 saturated carbocycles. The Balaban J connectivity index is 1.34.